The summed E-state index contributed by atoms with van der Waals surface area (Å²) in [4.78, 5) is 10.6. The number of nitrogens with one attached hydrogen (secondary N) is 1. The number of hydrogen-bond donors (Lipinski definition) is 2. The van der Waals surface area contributed by atoms with Crippen molar-refractivity contribution in [1.29, 1.82) is 5.26 Å². The molecule has 0 aliphatic rings. The molecule has 2 N–H and O–H groups in total. The maximum absolute atomic E-state index is 10.6. The zero-order valence-corrected chi connectivity index (χ0v) is 8.08. The maximum Gasteiger partial charge on any atom is 0.320 e. The Morgan fingerprint density at radius 3 is 2.46 bits per heavy atom. The summed E-state index contributed by atoms with van der Waals surface area (Å²) in [6.07, 6.45) is 1.68. The lowest BCUT2D eigenvalue weighted by atomic mass is 10.1. The van der Waals surface area contributed by atoms with Crippen molar-refractivity contribution in [3.63, 3.8) is 0 Å². The topological polar surface area (TPSA) is 73.1 Å². The molecule has 2 unspecified atom stereocenters. The highest BCUT2D eigenvalue weighted by molar-refractivity contribution is 5.73. The van der Waals surface area contributed by atoms with Crippen LogP contribution in [0.5, 0.6) is 0 Å². The van der Waals surface area contributed by atoms with Crippen LogP contribution in [0.2, 0.25) is 0 Å². The van der Waals surface area contributed by atoms with Gasteiger partial charge in [0.2, 0.25) is 0 Å². The lowest BCUT2D eigenvalue weighted by molar-refractivity contribution is -0.139. The maximum atomic E-state index is 10.6. The number of carboxylic acid groups (broad SMARTS) is 1. The van der Waals surface area contributed by atoms with Crippen LogP contribution in [0.1, 0.15) is 33.1 Å². The first-order valence-corrected chi connectivity index (χ1v) is 4.51. The average Bonchev–Trinajstić information content (AvgIpc) is 2.11. The predicted octanol–water partition coefficient (Wildman–Crippen LogP) is 1.13. The summed E-state index contributed by atoms with van der Waals surface area (Å²) in [5.74, 6) is -0.848. The van der Waals surface area contributed by atoms with Gasteiger partial charge in [0.1, 0.15) is 6.04 Å². The largest absolute Gasteiger partial charge is 0.480 e. The van der Waals surface area contributed by atoms with Crippen LogP contribution >= 0.6 is 0 Å². The average molecular weight is 184 g/mol. The van der Waals surface area contributed by atoms with Crippen molar-refractivity contribution in [2.24, 2.45) is 0 Å². The molecule has 0 aromatic heterocycles. The molecule has 0 aromatic carbocycles. The van der Waals surface area contributed by atoms with Crippen molar-refractivity contribution >= 4 is 5.97 Å². The smallest absolute Gasteiger partial charge is 0.320 e. The Morgan fingerprint density at radius 2 is 2.15 bits per heavy atom. The van der Waals surface area contributed by atoms with E-state index >= 15 is 0 Å². The number of aliphatic carboxylic acids is 1. The molecule has 0 fully saturated rings. The molecule has 0 radical (unpaired) electrons. The summed E-state index contributed by atoms with van der Waals surface area (Å²) in [5, 5.41) is 20.1. The van der Waals surface area contributed by atoms with Gasteiger partial charge in [0, 0.05) is 6.04 Å². The van der Waals surface area contributed by atoms with Crippen LogP contribution in [0.4, 0.5) is 0 Å². The van der Waals surface area contributed by atoms with Gasteiger partial charge in [0.25, 0.3) is 0 Å². The van der Waals surface area contributed by atoms with Gasteiger partial charge in [0.15, 0.2) is 0 Å². The molecule has 0 rings (SSSR count). The van der Waals surface area contributed by atoms with Crippen molar-refractivity contribution in [3.05, 3.63) is 0 Å². The van der Waals surface area contributed by atoms with Gasteiger partial charge in [-0.1, -0.05) is 13.8 Å². The third-order valence-electron chi connectivity index (χ3n) is 1.97. The van der Waals surface area contributed by atoms with Crippen molar-refractivity contribution in [2.45, 2.75) is 45.2 Å². The molecule has 0 saturated carbocycles. The molecule has 0 heterocycles. The molecule has 4 nitrogen and oxygen atoms in total. The van der Waals surface area contributed by atoms with Gasteiger partial charge in [-0.05, 0) is 12.8 Å². The van der Waals surface area contributed by atoms with E-state index in [0.29, 0.717) is 12.8 Å². The van der Waals surface area contributed by atoms with Crippen molar-refractivity contribution in [2.75, 3.05) is 0 Å². The van der Waals surface area contributed by atoms with Gasteiger partial charge in [0.05, 0.1) is 12.5 Å². The van der Waals surface area contributed by atoms with Crippen LogP contribution in [0.3, 0.4) is 0 Å². The third kappa shape index (κ3) is 4.48. The number of carboxylic acids is 1. The molecule has 0 aromatic rings. The zero-order chi connectivity index (χ0) is 10.3. The van der Waals surface area contributed by atoms with E-state index in [-0.39, 0.29) is 6.04 Å². The third-order valence-corrected chi connectivity index (χ3v) is 1.97. The Morgan fingerprint density at radius 1 is 1.54 bits per heavy atom. The first-order chi connectivity index (χ1) is 6.15. The molecule has 0 bridgehead atoms. The van der Waals surface area contributed by atoms with E-state index in [1.807, 2.05) is 19.9 Å². The van der Waals surface area contributed by atoms with Gasteiger partial charge in [-0.15, -0.1) is 0 Å². The van der Waals surface area contributed by atoms with Gasteiger partial charge in [-0.2, -0.15) is 5.26 Å². The molecular weight excluding hydrogens is 168 g/mol. The number of carbonyl (C=O) groups is 1. The highest BCUT2D eigenvalue weighted by Gasteiger charge is 2.18. The van der Waals surface area contributed by atoms with Crippen LogP contribution < -0.4 is 5.32 Å². The number of rotatable bonds is 6. The molecule has 0 saturated heterocycles. The fourth-order valence-corrected chi connectivity index (χ4v) is 1.08. The lowest BCUT2D eigenvalue weighted by Gasteiger charge is -2.18. The second kappa shape index (κ2) is 6.44. The second-order valence-electron chi connectivity index (χ2n) is 2.93. The summed E-state index contributed by atoms with van der Waals surface area (Å²) in [7, 11) is 0. The van der Waals surface area contributed by atoms with Crippen LogP contribution in [-0.4, -0.2) is 23.2 Å². The number of hydrogen-bond acceptors (Lipinski definition) is 3. The summed E-state index contributed by atoms with van der Waals surface area (Å²) in [6.45, 7) is 3.74. The summed E-state index contributed by atoms with van der Waals surface area (Å²) >= 11 is 0. The first-order valence-electron chi connectivity index (χ1n) is 4.51. The van der Waals surface area contributed by atoms with Crippen LogP contribution in [0.25, 0.3) is 0 Å². The van der Waals surface area contributed by atoms with E-state index < -0.39 is 12.0 Å². The minimum atomic E-state index is -0.848. The van der Waals surface area contributed by atoms with E-state index in [4.69, 9.17) is 10.4 Å². The molecule has 0 aliphatic heterocycles. The molecule has 0 amide bonds. The quantitative estimate of drug-likeness (QED) is 0.649. The van der Waals surface area contributed by atoms with E-state index in [2.05, 4.69) is 5.32 Å². The predicted molar refractivity (Wildman–Crippen MR) is 49.2 cm³/mol. The Kier molecular flexibility index (Phi) is 5.90. The van der Waals surface area contributed by atoms with Gasteiger partial charge in [-0.25, -0.2) is 0 Å². The lowest BCUT2D eigenvalue weighted by Crippen LogP contribution is -2.42. The minimum absolute atomic E-state index is 0.00829. The molecule has 0 spiro atoms. The Labute approximate surface area is 78.6 Å². The molecule has 74 valence electrons. The summed E-state index contributed by atoms with van der Waals surface area (Å²) in [6, 6.07) is 1.49. The fraction of sp³-hybridized carbons (Fsp3) is 0.778. The summed E-state index contributed by atoms with van der Waals surface area (Å²) < 4.78 is 0. The number of nitriles is 1. The monoisotopic (exact) mass is 184 g/mol. The van der Waals surface area contributed by atoms with E-state index in [0.717, 1.165) is 6.42 Å². The van der Waals surface area contributed by atoms with Gasteiger partial charge >= 0.3 is 5.97 Å². The molecule has 13 heavy (non-hydrogen) atoms. The van der Waals surface area contributed by atoms with Crippen LogP contribution in [0, 0.1) is 11.3 Å². The zero-order valence-electron chi connectivity index (χ0n) is 8.08. The molecule has 0 aliphatic carbocycles. The standard InChI is InChI=1S/C9H16N2O2/c1-3-7(5-6-10)11-8(4-2)9(12)13/h7-8,11H,3-5H2,1-2H3,(H,12,13). The SMILES string of the molecule is CCC(CC#N)NC(CC)C(=O)O. The van der Waals surface area contributed by atoms with Crippen molar-refractivity contribution in [1.82, 2.24) is 5.32 Å². The molecular formula is C9H16N2O2. The van der Waals surface area contributed by atoms with E-state index in [1.54, 1.807) is 0 Å². The summed E-state index contributed by atoms with van der Waals surface area (Å²) in [5.41, 5.74) is 0. The van der Waals surface area contributed by atoms with Crippen molar-refractivity contribution < 1.29 is 9.90 Å². The normalized spacial score (nSPS) is 14.5. The molecule has 2 atom stereocenters. The Hall–Kier alpha value is -1.08. The second-order valence-corrected chi connectivity index (χ2v) is 2.93. The number of nitrogens with zero attached hydrogens (tertiary/aromatic N) is 1. The first kappa shape index (κ1) is 11.9. The van der Waals surface area contributed by atoms with Gasteiger partial charge < -0.3 is 10.4 Å². The van der Waals surface area contributed by atoms with E-state index in [1.165, 1.54) is 0 Å². The Balaban J connectivity index is 4.04. The molecule has 4 heteroatoms. The van der Waals surface area contributed by atoms with Gasteiger partial charge in [-0.3, -0.25) is 4.79 Å². The highest BCUT2D eigenvalue weighted by atomic mass is 16.4. The van der Waals surface area contributed by atoms with Crippen molar-refractivity contribution in [3.8, 4) is 6.07 Å². The minimum Gasteiger partial charge on any atom is -0.480 e. The fourth-order valence-electron chi connectivity index (χ4n) is 1.08. The van der Waals surface area contributed by atoms with E-state index in [9.17, 15) is 4.79 Å². The van der Waals surface area contributed by atoms with Crippen LogP contribution in [0.15, 0.2) is 0 Å². The Bertz CT molecular complexity index is 198. The van der Waals surface area contributed by atoms with Crippen LogP contribution in [-0.2, 0) is 4.79 Å². The highest BCUT2D eigenvalue weighted by Crippen LogP contribution is 2.00.